The van der Waals surface area contributed by atoms with Gasteiger partial charge in [0.1, 0.15) is 5.65 Å². The van der Waals surface area contributed by atoms with E-state index >= 15 is 0 Å². The number of imidazole rings is 1. The van der Waals surface area contributed by atoms with Crippen molar-refractivity contribution in [2.24, 2.45) is 0 Å². The maximum atomic E-state index is 8.95. The fraction of sp³-hybridized carbons (Fsp3) is 0.467. The number of rotatable bonds is 3. The Morgan fingerprint density at radius 1 is 1.30 bits per heavy atom. The molecule has 1 saturated heterocycles. The van der Waals surface area contributed by atoms with Gasteiger partial charge in [-0.2, -0.15) is 5.26 Å². The van der Waals surface area contributed by atoms with Crippen molar-refractivity contribution in [1.29, 1.82) is 5.26 Å². The van der Waals surface area contributed by atoms with Gasteiger partial charge in [-0.1, -0.05) is 6.07 Å². The summed E-state index contributed by atoms with van der Waals surface area (Å²) in [6.45, 7) is 6.78. The molecule has 0 aliphatic carbocycles. The SMILES string of the molecule is CC(C#N)N1CCN(Cc2cn3ccccc3n2)CC1. The lowest BCUT2D eigenvalue weighted by Gasteiger charge is -2.35. The number of nitriles is 1. The first-order chi connectivity index (χ1) is 9.76. The third-order valence-electron chi connectivity index (χ3n) is 3.94. The van der Waals surface area contributed by atoms with Gasteiger partial charge in [-0.05, 0) is 19.1 Å². The Kier molecular flexibility index (Phi) is 3.68. The molecule has 0 bridgehead atoms. The Morgan fingerprint density at radius 2 is 2.10 bits per heavy atom. The van der Waals surface area contributed by atoms with Gasteiger partial charge < -0.3 is 4.40 Å². The van der Waals surface area contributed by atoms with Crippen molar-refractivity contribution in [2.45, 2.75) is 19.5 Å². The predicted octanol–water partition coefficient (Wildman–Crippen LogP) is 1.36. The highest BCUT2D eigenvalue weighted by Gasteiger charge is 2.21. The number of pyridine rings is 1. The average Bonchev–Trinajstić information content (AvgIpc) is 2.89. The molecule has 1 aliphatic heterocycles. The van der Waals surface area contributed by atoms with Crippen LogP contribution < -0.4 is 0 Å². The van der Waals surface area contributed by atoms with Crippen LogP contribution in [0.15, 0.2) is 30.6 Å². The third-order valence-corrected chi connectivity index (χ3v) is 3.94. The number of aromatic nitrogens is 2. The van der Waals surface area contributed by atoms with Crippen LogP contribution in [0.1, 0.15) is 12.6 Å². The monoisotopic (exact) mass is 269 g/mol. The second-order valence-electron chi connectivity index (χ2n) is 5.32. The van der Waals surface area contributed by atoms with Gasteiger partial charge in [0, 0.05) is 45.1 Å². The second kappa shape index (κ2) is 5.61. The van der Waals surface area contributed by atoms with E-state index in [1.165, 1.54) is 0 Å². The van der Waals surface area contributed by atoms with Crippen LogP contribution in [-0.2, 0) is 6.54 Å². The number of hydrogen-bond acceptors (Lipinski definition) is 4. The Bertz CT molecular complexity index is 585. The van der Waals surface area contributed by atoms with Crippen LogP contribution in [0.4, 0.5) is 0 Å². The van der Waals surface area contributed by atoms with Gasteiger partial charge in [0.05, 0.1) is 17.8 Å². The summed E-state index contributed by atoms with van der Waals surface area (Å²) in [5.41, 5.74) is 2.11. The fourth-order valence-corrected chi connectivity index (χ4v) is 2.68. The van der Waals surface area contributed by atoms with Gasteiger partial charge >= 0.3 is 0 Å². The first kappa shape index (κ1) is 13.1. The quantitative estimate of drug-likeness (QED) is 0.844. The number of fused-ring (bicyclic) bond motifs is 1. The second-order valence-corrected chi connectivity index (χ2v) is 5.32. The molecule has 2 aromatic heterocycles. The topological polar surface area (TPSA) is 47.6 Å². The molecule has 1 unspecified atom stereocenters. The van der Waals surface area contributed by atoms with E-state index in [0.29, 0.717) is 0 Å². The summed E-state index contributed by atoms with van der Waals surface area (Å²) in [5.74, 6) is 0. The van der Waals surface area contributed by atoms with E-state index in [-0.39, 0.29) is 6.04 Å². The standard InChI is InChI=1S/C15H19N5/c1-13(10-16)19-8-6-18(7-9-19)11-14-12-20-5-3-2-4-15(20)17-14/h2-5,12-13H,6-9,11H2,1H3. The van der Waals surface area contributed by atoms with Gasteiger partial charge in [-0.3, -0.25) is 9.80 Å². The Morgan fingerprint density at radius 3 is 2.80 bits per heavy atom. The molecular formula is C15H19N5. The van der Waals surface area contributed by atoms with E-state index in [1.54, 1.807) is 0 Å². The van der Waals surface area contributed by atoms with Gasteiger partial charge in [-0.25, -0.2) is 4.98 Å². The van der Waals surface area contributed by atoms with E-state index in [9.17, 15) is 0 Å². The molecule has 3 rings (SSSR count). The molecule has 0 spiro atoms. The van der Waals surface area contributed by atoms with E-state index in [4.69, 9.17) is 5.26 Å². The molecule has 1 aliphatic rings. The molecule has 1 atom stereocenters. The lowest BCUT2D eigenvalue weighted by molar-refractivity contribution is 0.113. The minimum absolute atomic E-state index is 0.0207. The van der Waals surface area contributed by atoms with Gasteiger partial charge in [-0.15, -0.1) is 0 Å². The summed E-state index contributed by atoms with van der Waals surface area (Å²) in [4.78, 5) is 9.27. The molecule has 2 aromatic rings. The average molecular weight is 269 g/mol. The summed E-state index contributed by atoms with van der Waals surface area (Å²) in [6, 6.07) is 8.38. The highest BCUT2D eigenvalue weighted by atomic mass is 15.3. The predicted molar refractivity (Wildman–Crippen MR) is 77.1 cm³/mol. The molecule has 104 valence electrons. The maximum absolute atomic E-state index is 8.95. The van der Waals surface area contributed by atoms with Crippen molar-refractivity contribution in [3.05, 3.63) is 36.3 Å². The number of hydrogen-bond donors (Lipinski definition) is 0. The number of piperazine rings is 1. The molecule has 20 heavy (non-hydrogen) atoms. The summed E-state index contributed by atoms with van der Waals surface area (Å²) < 4.78 is 2.06. The Labute approximate surface area is 119 Å². The highest BCUT2D eigenvalue weighted by Crippen LogP contribution is 2.11. The zero-order chi connectivity index (χ0) is 13.9. The van der Waals surface area contributed by atoms with Crippen LogP contribution in [0.2, 0.25) is 0 Å². The molecule has 0 saturated carbocycles. The largest absolute Gasteiger partial charge is 0.307 e. The maximum Gasteiger partial charge on any atom is 0.137 e. The van der Waals surface area contributed by atoms with Gasteiger partial charge in [0.2, 0.25) is 0 Å². The van der Waals surface area contributed by atoms with Crippen LogP contribution in [0.3, 0.4) is 0 Å². The fourth-order valence-electron chi connectivity index (χ4n) is 2.68. The van der Waals surface area contributed by atoms with Crippen LogP contribution in [0, 0.1) is 11.3 Å². The van der Waals surface area contributed by atoms with E-state index in [0.717, 1.165) is 44.1 Å². The third kappa shape index (κ3) is 2.67. The first-order valence-electron chi connectivity index (χ1n) is 7.05. The van der Waals surface area contributed by atoms with Crippen LogP contribution in [0.5, 0.6) is 0 Å². The minimum atomic E-state index is 0.0207. The first-order valence-corrected chi connectivity index (χ1v) is 7.05. The smallest absolute Gasteiger partial charge is 0.137 e. The Hall–Kier alpha value is -1.90. The van der Waals surface area contributed by atoms with Crippen molar-refractivity contribution in [3.63, 3.8) is 0 Å². The van der Waals surface area contributed by atoms with Crippen LogP contribution >= 0.6 is 0 Å². The molecule has 5 heteroatoms. The van der Waals surface area contributed by atoms with E-state index < -0.39 is 0 Å². The molecule has 0 aromatic carbocycles. The van der Waals surface area contributed by atoms with Gasteiger partial charge in [0.25, 0.3) is 0 Å². The number of nitrogens with zero attached hydrogens (tertiary/aromatic N) is 5. The molecule has 0 N–H and O–H groups in total. The summed E-state index contributed by atoms with van der Waals surface area (Å²) in [5, 5.41) is 8.95. The van der Waals surface area contributed by atoms with Crippen molar-refractivity contribution in [1.82, 2.24) is 19.2 Å². The highest BCUT2D eigenvalue weighted by molar-refractivity contribution is 5.39. The van der Waals surface area contributed by atoms with Crippen molar-refractivity contribution >= 4 is 5.65 Å². The normalized spacial score (nSPS) is 19.0. The van der Waals surface area contributed by atoms with Crippen LogP contribution in [0.25, 0.3) is 5.65 Å². The summed E-state index contributed by atoms with van der Waals surface area (Å²) in [7, 11) is 0. The van der Waals surface area contributed by atoms with Crippen molar-refractivity contribution in [3.8, 4) is 6.07 Å². The summed E-state index contributed by atoms with van der Waals surface area (Å²) in [6.07, 6.45) is 4.12. The minimum Gasteiger partial charge on any atom is -0.307 e. The molecule has 5 nitrogen and oxygen atoms in total. The van der Waals surface area contributed by atoms with E-state index in [1.807, 2.05) is 31.3 Å². The molecule has 0 amide bonds. The van der Waals surface area contributed by atoms with Crippen LogP contribution in [-0.4, -0.2) is 51.4 Å². The molecule has 1 fully saturated rings. The molecular weight excluding hydrogens is 250 g/mol. The molecule has 3 heterocycles. The van der Waals surface area contributed by atoms with Crippen molar-refractivity contribution in [2.75, 3.05) is 26.2 Å². The summed E-state index contributed by atoms with van der Waals surface area (Å²) >= 11 is 0. The van der Waals surface area contributed by atoms with E-state index in [2.05, 4.69) is 31.5 Å². The Balaban J connectivity index is 1.61. The lowest BCUT2D eigenvalue weighted by atomic mass is 10.2. The molecule has 0 radical (unpaired) electrons. The lowest BCUT2D eigenvalue weighted by Crippen LogP contribution is -2.48. The zero-order valence-corrected chi connectivity index (χ0v) is 11.7. The van der Waals surface area contributed by atoms with Gasteiger partial charge in [0.15, 0.2) is 0 Å². The zero-order valence-electron chi connectivity index (χ0n) is 11.7. The van der Waals surface area contributed by atoms with Crippen molar-refractivity contribution < 1.29 is 0 Å².